The van der Waals surface area contributed by atoms with Gasteiger partial charge in [-0.05, 0) is 18.6 Å². The van der Waals surface area contributed by atoms with Crippen molar-refractivity contribution >= 4 is 0 Å². The zero-order chi connectivity index (χ0) is 13.1. The standard InChI is InChI=1S/C14H12N2O2/c1-9-8-16-14(17)11(7-15)13(9)10-5-3-4-6-12(10)18-2/h3-6,8H,1-2H3,(H,16,17). The van der Waals surface area contributed by atoms with E-state index in [-0.39, 0.29) is 11.1 Å². The van der Waals surface area contributed by atoms with Gasteiger partial charge < -0.3 is 9.72 Å². The van der Waals surface area contributed by atoms with Crippen molar-refractivity contribution in [3.05, 3.63) is 51.9 Å². The highest BCUT2D eigenvalue weighted by Gasteiger charge is 2.15. The van der Waals surface area contributed by atoms with Crippen LogP contribution in [0.3, 0.4) is 0 Å². The fraction of sp³-hybridized carbons (Fsp3) is 0.143. The van der Waals surface area contributed by atoms with E-state index in [2.05, 4.69) is 4.98 Å². The SMILES string of the molecule is COc1ccccc1-c1c(C)c[nH]c(=O)c1C#N. The summed E-state index contributed by atoms with van der Waals surface area (Å²) < 4.78 is 5.27. The zero-order valence-electron chi connectivity index (χ0n) is 10.2. The van der Waals surface area contributed by atoms with Gasteiger partial charge in [-0.1, -0.05) is 18.2 Å². The number of methoxy groups -OCH3 is 1. The van der Waals surface area contributed by atoms with Gasteiger partial charge in [0.25, 0.3) is 5.56 Å². The third-order valence-electron chi connectivity index (χ3n) is 2.78. The Bertz CT molecular complexity index is 681. The molecule has 1 aromatic carbocycles. The van der Waals surface area contributed by atoms with E-state index in [1.807, 2.05) is 31.2 Å². The van der Waals surface area contributed by atoms with Crippen LogP contribution in [-0.2, 0) is 0 Å². The first-order chi connectivity index (χ1) is 8.69. The van der Waals surface area contributed by atoms with E-state index in [4.69, 9.17) is 10.00 Å². The van der Waals surface area contributed by atoms with E-state index in [1.54, 1.807) is 19.4 Å². The van der Waals surface area contributed by atoms with Crippen molar-refractivity contribution in [1.82, 2.24) is 4.98 Å². The summed E-state index contributed by atoms with van der Waals surface area (Å²) in [5, 5.41) is 9.14. The molecule has 0 saturated heterocycles. The van der Waals surface area contributed by atoms with E-state index in [0.29, 0.717) is 11.3 Å². The number of aryl methyl sites for hydroxylation is 1. The molecule has 0 atom stereocenters. The molecule has 0 amide bonds. The predicted molar refractivity (Wildman–Crippen MR) is 68.5 cm³/mol. The molecular weight excluding hydrogens is 228 g/mol. The quantitative estimate of drug-likeness (QED) is 0.875. The Morgan fingerprint density at radius 1 is 1.33 bits per heavy atom. The van der Waals surface area contributed by atoms with Crippen molar-refractivity contribution in [1.29, 1.82) is 5.26 Å². The molecule has 0 spiro atoms. The van der Waals surface area contributed by atoms with E-state index >= 15 is 0 Å². The number of rotatable bonds is 2. The fourth-order valence-corrected chi connectivity index (χ4v) is 1.93. The first-order valence-corrected chi connectivity index (χ1v) is 5.44. The van der Waals surface area contributed by atoms with Crippen LogP contribution in [0.25, 0.3) is 11.1 Å². The highest BCUT2D eigenvalue weighted by atomic mass is 16.5. The molecule has 0 radical (unpaired) electrons. The van der Waals surface area contributed by atoms with Crippen molar-refractivity contribution in [3.63, 3.8) is 0 Å². The molecule has 0 bridgehead atoms. The third-order valence-corrected chi connectivity index (χ3v) is 2.78. The van der Waals surface area contributed by atoms with Gasteiger partial charge in [-0.15, -0.1) is 0 Å². The van der Waals surface area contributed by atoms with Crippen LogP contribution in [0.5, 0.6) is 5.75 Å². The molecule has 4 nitrogen and oxygen atoms in total. The minimum Gasteiger partial charge on any atom is -0.496 e. The second-order valence-electron chi connectivity index (χ2n) is 3.86. The smallest absolute Gasteiger partial charge is 0.266 e. The second kappa shape index (κ2) is 4.76. The van der Waals surface area contributed by atoms with Crippen molar-refractivity contribution < 1.29 is 4.74 Å². The predicted octanol–water partition coefficient (Wildman–Crippen LogP) is 2.23. The van der Waals surface area contributed by atoms with Gasteiger partial charge in [0.2, 0.25) is 0 Å². The minimum atomic E-state index is -0.385. The summed E-state index contributed by atoms with van der Waals surface area (Å²) in [6.07, 6.45) is 1.60. The normalized spacial score (nSPS) is 9.83. The number of hydrogen-bond donors (Lipinski definition) is 1. The lowest BCUT2D eigenvalue weighted by atomic mass is 9.97. The Balaban J connectivity index is 2.83. The minimum absolute atomic E-state index is 0.111. The maximum Gasteiger partial charge on any atom is 0.266 e. The topological polar surface area (TPSA) is 65.9 Å². The van der Waals surface area contributed by atoms with E-state index in [1.165, 1.54) is 0 Å². The summed E-state index contributed by atoms with van der Waals surface area (Å²) in [6, 6.07) is 9.28. The Morgan fingerprint density at radius 3 is 2.72 bits per heavy atom. The van der Waals surface area contributed by atoms with Gasteiger partial charge in [0.05, 0.1) is 7.11 Å². The summed E-state index contributed by atoms with van der Waals surface area (Å²) in [5.74, 6) is 0.641. The molecule has 0 aliphatic rings. The summed E-state index contributed by atoms with van der Waals surface area (Å²) >= 11 is 0. The highest BCUT2D eigenvalue weighted by molar-refractivity contribution is 5.77. The van der Waals surface area contributed by atoms with Crippen LogP contribution in [0.4, 0.5) is 0 Å². The number of hydrogen-bond acceptors (Lipinski definition) is 3. The monoisotopic (exact) mass is 240 g/mol. The molecule has 0 saturated carbocycles. The number of nitrogens with zero attached hydrogens (tertiary/aromatic N) is 1. The van der Waals surface area contributed by atoms with E-state index < -0.39 is 0 Å². The summed E-state index contributed by atoms with van der Waals surface area (Å²) in [7, 11) is 1.56. The lowest BCUT2D eigenvalue weighted by Crippen LogP contribution is -2.12. The largest absolute Gasteiger partial charge is 0.496 e. The molecule has 90 valence electrons. The van der Waals surface area contributed by atoms with Crippen LogP contribution in [0.15, 0.2) is 35.3 Å². The molecule has 2 rings (SSSR count). The summed E-state index contributed by atoms with van der Waals surface area (Å²) in [6.45, 7) is 1.85. The first kappa shape index (κ1) is 11.9. The van der Waals surface area contributed by atoms with E-state index in [9.17, 15) is 4.79 Å². The maximum absolute atomic E-state index is 11.7. The van der Waals surface area contributed by atoms with Gasteiger partial charge in [-0.2, -0.15) is 5.26 Å². The van der Waals surface area contributed by atoms with Crippen molar-refractivity contribution in [2.24, 2.45) is 0 Å². The molecule has 1 aromatic heterocycles. The summed E-state index contributed by atoms with van der Waals surface area (Å²) in [4.78, 5) is 14.2. The van der Waals surface area contributed by atoms with Crippen LogP contribution in [-0.4, -0.2) is 12.1 Å². The zero-order valence-corrected chi connectivity index (χ0v) is 10.2. The van der Waals surface area contributed by atoms with Gasteiger partial charge in [0, 0.05) is 17.3 Å². The Labute approximate surface area is 104 Å². The molecule has 0 aliphatic heterocycles. The number of nitrogens with one attached hydrogen (secondary N) is 1. The van der Waals surface area contributed by atoms with Crippen LogP contribution in [0.1, 0.15) is 11.1 Å². The Morgan fingerprint density at radius 2 is 2.06 bits per heavy atom. The van der Waals surface area contributed by atoms with Crippen LogP contribution >= 0.6 is 0 Å². The van der Waals surface area contributed by atoms with Gasteiger partial charge in [0.15, 0.2) is 0 Å². The molecule has 2 aromatic rings. The van der Waals surface area contributed by atoms with Crippen LogP contribution < -0.4 is 10.3 Å². The number of aromatic nitrogens is 1. The van der Waals surface area contributed by atoms with Gasteiger partial charge in [-0.25, -0.2) is 0 Å². The number of para-hydroxylation sites is 1. The average Bonchev–Trinajstić information content (AvgIpc) is 2.41. The van der Waals surface area contributed by atoms with Gasteiger partial charge in [0.1, 0.15) is 17.4 Å². The maximum atomic E-state index is 11.7. The third kappa shape index (κ3) is 1.87. The molecule has 1 N–H and O–H groups in total. The van der Waals surface area contributed by atoms with Crippen LogP contribution in [0, 0.1) is 18.3 Å². The van der Waals surface area contributed by atoms with Gasteiger partial charge in [-0.3, -0.25) is 4.79 Å². The van der Waals surface area contributed by atoms with Crippen molar-refractivity contribution in [2.45, 2.75) is 6.92 Å². The number of H-pyrrole nitrogens is 1. The number of ether oxygens (including phenoxy) is 1. The van der Waals surface area contributed by atoms with Crippen molar-refractivity contribution in [2.75, 3.05) is 7.11 Å². The first-order valence-electron chi connectivity index (χ1n) is 5.44. The van der Waals surface area contributed by atoms with Gasteiger partial charge >= 0.3 is 0 Å². The molecule has 0 aliphatic carbocycles. The van der Waals surface area contributed by atoms with Crippen LogP contribution in [0.2, 0.25) is 0 Å². The highest BCUT2D eigenvalue weighted by Crippen LogP contribution is 2.32. The molecule has 4 heteroatoms. The molecule has 0 unspecified atom stereocenters. The second-order valence-corrected chi connectivity index (χ2v) is 3.86. The van der Waals surface area contributed by atoms with Crippen molar-refractivity contribution in [3.8, 4) is 22.9 Å². The lowest BCUT2D eigenvalue weighted by Gasteiger charge is -2.11. The molecule has 0 fully saturated rings. The number of aromatic amines is 1. The lowest BCUT2D eigenvalue weighted by molar-refractivity contribution is 0.416. The van der Waals surface area contributed by atoms with E-state index in [0.717, 1.165) is 11.1 Å². The average molecular weight is 240 g/mol. The number of benzene rings is 1. The Hall–Kier alpha value is -2.54. The fourth-order valence-electron chi connectivity index (χ4n) is 1.93. The summed E-state index contributed by atoms with van der Waals surface area (Å²) in [5.41, 5.74) is 1.93. The number of nitriles is 1. The molecular formula is C14H12N2O2. The molecule has 18 heavy (non-hydrogen) atoms. The molecule has 1 heterocycles. The number of pyridine rings is 1. The Kier molecular flexibility index (Phi) is 3.16.